The van der Waals surface area contributed by atoms with Crippen LogP contribution in [0.15, 0.2) is 0 Å². The Morgan fingerprint density at radius 1 is 2.00 bits per heavy atom. The van der Waals surface area contributed by atoms with Crippen LogP contribution in [0.2, 0.25) is 0 Å². The monoisotopic (exact) mass is 134 g/mol. The lowest BCUT2D eigenvalue weighted by molar-refractivity contribution is 0.107. The van der Waals surface area contributed by atoms with Crippen molar-refractivity contribution in [2.75, 3.05) is 5.75 Å². The van der Waals surface area contributed by atoms with E-state index in [1.807, 2.05) is 0 Å². The molecule has 5 heteroatoms. The van der Waals surface area contributed by atoms with Crippen molar-refractivity contribution in [3.8, 4) is 0 Å². The molecule has 0 aromatic rings. The van der Waals surface area contributed by atoms with Gasteiger partial charge in [0.2, 0.25) is 0 Å². The van der Waals surface area contributed by atoms with Gasteiger partial charge in [-0.2, -0.15) is 0 Å². The number of rotatable bonds is 1. The van der Waals surface area contributed by atoms with Crippen LogP contribution < -0.4 is 10.5 Å². The zero-order valence-corrected chi connectivity index (χ0v) is 4.90. The zero-order chi connectivity index (χ0) is 5.98. The van der Waals surface area contributed by atoms with E-state index < -0.39 is 6.09 Å². The van der Waals surface area contributed by atoms with Crippen molar-refractivity contribution >= 4 is 18.0 Å². The molecule has 3 N–H and O–H groups in total. The Morgan fingerprint density at radius 2 is 2.62 bits per heavy atom. The number of nitrogens with two attached hydrogens (primary N) is 1. The van der Waals surface area contributed by atoms with Gasteiger partial charge in [-0.05, 0) is 0 Å². The first-order valence-corrected chi connectivity index (χ1v) is 3.11. The second kappa shape index (κ2) is 2.23. The molecule has 1 rings (SSSR count). The van der Waals surface area contributed by atoms with Crippen LogP contribution in [-0.4, -0.2) is 18.1 Å². The fourth-order valence-electron chi connectivity index (χ4n) is 0.350. The molecule has 46 valence electrons. The number of nitrogens with one attached hydrogen (secondary N) is 1. The lowest BCUT2D eigenvalue weighted by Crippen LogP contribution is -2.42. The summed E-state index contributed by atoms with van der Waals surface area (Å²) in [4.78, 5) is 9.95. The highest BCUT2D eigenvalue weighted by Crippen LogP contribution is 2.12. The van der Waals surface area contributed by atoms with Crippen LogP contribution in [0.5, 0.6) is 0 Å². The van der Waals surface area contributed by atoms with Crippen molar-refractivity contribution in [2.24, 2.45) is 5.73 Å². The molecule has 1 heterocycles. The Bertz CT molecular complexity index is 103. The Hall–Kier alpha value is -0.420. The molecule has 1 amide bonds. The van der Waals surface area contributed by atoms with E-state index in [2.05, 4.69) is 9.46 Å². The van der Waals surface area contributed by atoms with E-state index in [1.165, 1.54) is 11.9 Å². The molecule has 0 aliphatic carbocycles. The van der Waals surface area contributed by atoms with Gasteiger partial charge in [-0.15, -0.1) is 0 Å². The van der Waals surface area contributed by atoms with E-state index in [9.17, 15) is 4.79 Å². The summed E-state index contributed by atoms with van der Waals surface area (Å²) in [6.07, 6.45) is -0.875. The summed E-state index contributed by atoms with van der Waals surface area (Å²) in [6, 6.07) is 0. The number of hydrogen-bond acceptors (Lipinski definition) is 4. The number of primary amides is 1. The first-order chi connectivity index (χ1) is 3.79. The molecular weight excluding hydrogens is 128 g/mol. The maximum atomic E-state index is 9.95. The Morgan fingerprint density at radius 3 is 2.75 bits per heavy atom. The van der Waals surface area contributed by atoms with Gasteiger partial charge in [0.15, 0.2) is 6.23 Å². The fourth-order valence-corrected chi connectivity index (χ4v) is 0.769. The number of carbonyl (C=O) groups excluding carboxylic acids is 1. The molecule has 0 bridgehead atoms. The van der Waals surface area contributed by atoms with Crippen LogP contribution in [0.25, 0.3) is 0 Å². The van der Waals surface area contributed by atoms with Crippen molar-refractivity contribution in [2.45, 2.75) is 6.23 Å². The van der Waals surface area contributed by atoms with Crippen LogP contribution >= 0.6 is 11.9 Å². The molecule has 0 aromatic carbocycles. The van der Waals surface area contributed by atoms with Gasteiger partial charge in [-0.3, -0.25) is 0 Å². The second-order valence-electron chi connectivity index (χ2n) is 1.35. The van der Waals surface area contributed by atoms with E-state index in [-0.39, 0.29) is 6.23 Å². The van der Waals surface area contributed by atoms with Gasteiger partial charge < -0.3 is 10.5 Å². The number of hydrogen-bond donors (Lipinski definition) is 2. The standard InChI is InChI=1S/C3H6N2O2S/c4-3(6)7-2-1-8-5-2/h2,5H,1H2,(H2,4,6). The van der Waals surface area contributed by atoms with Gasteiger partial charge >= 0.3 is 6.09 Å². The van der Waals surface area contributed by atoms with E-state index in [1.54, 1.807) is 0 Å². The van der Waals surface area contributed by atoms with Crippen molar-refractivity contribution in [1.29, 1.82) is 0 Å². The molecule has 0 radical (unpaired) electrons. The van der Waals surface area contributed by atoms with Gasteiger partial charge in [0.25, 0.3) is 0 Å². The van der Waals surface area contributed by atoms with Gasteiger partial charge in [0.05, 0.1) is 5.75 Å². The third kappa shape index (κ3) is 1.28. The first kappa shape index (κ1) is 5.71. The molecular formula is C3H6N2O2S. The lowest BCUT2D eigenvalue weighted by atomic mass is 10.7. The SMILES string of the molecule is NC(=O)OC1CSN1. The predicted octanol–water partition coefficient (Wildman–Crippen LogP) is -0.341. The molecule has 1 aliphatic rings. The molecule has 0 saturated carbocycles. The molecule has 4 nitrogen and oxygen atoms in total. The minimum absolute atomic E-state index is 0.155. The fraction of sp³-hybridized carbons (Fsp3) is 0.667. The van der Waals surface area contributed by atoms with Crippen molar-refractivity contribution in [3.63, 3.8) is 0 Å². The normalized spacial score (nSPS) is 26.2. The highest BCUT2D eigenvalue weighted by Gasteiger charge is 2.19. The van der Waals surface area contributed by atoms with E-state index in [0.717, 1.165) is 5.75 Å². The molecule has 0 spiro atoms. The summed E-state index contributed by atoms with van der Waals surface area (Å²) in [5, 5.41) is 0. The molecule has 1 fully saturated rings. The number of ether oxygens (including phenoxy) is 1. The van der Waals surface area contributed by atoms with Crippen molar-refractivity contribution in [3.05, 3.63) is 0 Å². The Labute approximate surface area is 50.9 Å². The molecule has 1 atom stereocenters. The van der Waals surface area contributed by atoms with Gasteiger partial charge in [0.1, 0.15) is 0 Å². The van der Waals surface area contributed by atoms with Crippen LogP contribution in [-0.2, 0) is 4.74 Å². The largest absolute Gasteiger partial charge is 0.429 e. The van der Waals surface area contributed by atoms with Gasteiger partial charge in [-0.25, -0.2) is 9.52 Å². The summed E-state index contributed by atoms with van der Waals surface area (Å²) in [7, 11) is 0. The average Bonchev–Trinajstić information content (AvgIpc) is 1.55. The summed E-state index contributed by atoms with van der Waals surface area (Å²) in [5.74, 6) is 0.795. The second-order valence-corrected chi connectivity index (χ2v) is 2.21. The lowest BCUT2D eigenvalue weighted by Gasteiger charge is -2.24. The van der Waals surface area contributed by atoms with Crippen LogP contribution in [0, 0.1) is 0 Å². The summed E-state index contributed by atoms with van der Waals surface area (Å²) in [5.41, 5.74) is 4.69. The minimum atomic E-state index is -0.720. The maximum absolute atomic E-state index is 9.95. The van der Waals surface area contributed by atoms with Crippen LogP contribution in [0.3, 0.4) is 0 Å². The van der Waals surface area contributed by atoms with Crippen molar-refractivity contribution < 1.29 is 9.53 Å². The topological polar surface area (TPSA) is 64.4 Å². The van der Waals surface area contributed by atoms with Gasteiger partial charge in [-0.1, -0.05) is 11.9 Å². The number of amides is 1. The van der Waals surface area contributed by atoms with Crippen molar-refractivity contribution in [1.82, 2.24) is 4.72 Å². The molecule has 1 unspecified atom stereocenters. The Balaban J connectivity index is 2.09. The summed E-state index contributed by atoms with van der Waals surface area (Å²) >= 11 is 1.50. The van der Waals surface area contributed by atoms with E-state index >= 15 is 0 Å². The predicted molar refractivity (Wildman–Crippen MR) is 30.1 cm³/mol. The maximum Gasteiger partial charge on any atom is 0.406 e. The quantitative estimate of drug-likeness (QED) is 0.481. The average molecular weight is 134 g/mol. The molecule has 1 saturated heterocycles. The highest BCUT2D eigenvalue weighted by atomic mass is 32.2. The van der Waals surface area contributed by atoms with E-state index in [0.29, 0.717) is 0 Å². The van der Waals surface area contributed by atoms with Crippen LogP contribution in [0.1, 0.15) is 0 Å². The molecule has 8 heavy (non-hydrogen) atoms. The van der Waals surface area contributed by atoms with E-state index in [4.69, 9.17) is 5.73 Å². The summed E-state index contributed by atoms with van der Waals surface area (Å²) < 4.78 is 7.26. The molecule has 0 aromatic heterocycles. The number of carbonyl (C=O) groups is 1. The highest BCUT2D eigenvalue weighted by molar-refractivity contribution is 7.98. The zero-order valence-electron chi connectivity index (χ0n) is 4.09. The first-order valence-electron chi connectivity index (χ1n) is 2.12. The smallest absolute Gasteiger partial charge is 0.406 e. The third-order valence-corrected chi connectivity index (χ3v) is 1.61. The van der Waals surface area contributed by atoms with Gasteiger partial charge in [0, 0.05) is 0 Å². The third-order valence-electron chi connectivity index (χ3n) is 0.708. The molecule has 1 aliphatic heterocycles. The summed E-state index contributed by atoms with van der Waals surface area (Å²) in [6.45, 7) is 0. The Kier molecular flexibility index (Phi) is 1.59. The van der Waals surface area contributed by atoms with Crippen LogP contribution in [0.4, 0.5) is 4.79 Å². The minimum Gasteiger partial charge on any atom is -0.429 e.